The van der Waals surface area contributed by atoms with Crippen LogP contribution in [0, 0.1) is 0 Å². The van der Waals surface area contributed by atoms with Crippen molar-refractivity contribution in [2.45, 2.75) is 26.4 Å². The molecule has 3 N–H and O–H groups in total. The number of H-pyrrole nitrogens is 1. The molecule has 1 heterocycles. The third-order valence-electron chi connectivity index (χ3n) is 5.32. The van der Waals surface area contributed by atoms with Crippen molar-refractivity contribution in [2.75, 3.05) is 6.54 Å². The topological polar surface area (TPSA) is 96.1 Å². The first-order valence-corrected chi connectivity index (χ1v) is 12.5. The molecule has 0 spiro atoms. The molecule has 0 unspecified atom stereocenters. The van der Waals surface area contributed by atoms with E-state index in [2.05, 4.69) is 20.6 Å². The van der Waals surface area contributed by atoms with Crippen molar-refractivity contribution in [1.29, 1.82) is 0 Å². The number of ether oxygens (including phenoxy) is 1. The molecule has 4 rings (SSSR count). The molecule has 190 valence electrons. The van der Waals surface area contributed by atoms with Gasteiger partial charge in [0.2, 0.25) is 0 Å². The van der Waals surface area contributed by atoms with Crippen LogP contribution in [-0.4, -0.2) is 34.4 Å². The number of imidazole rings is 1. The molecule has 0 atom stereocenters. The molecular formula is C28H26Cl2N4O3. The number of para-hydroxylation sites is 2. The number of carbonyl (C=O) groups is 2. The molecule has 0 aliphatic heterocycles. The van der Waals surface area contributed by atoms with Crippen molar-refractivity contribution in [3.05, 3.63) is 99.4 Å². The van der Waals surface area contributed by atoms with Crippen LogP contribution in [0.25, 0.3) is 17.1 Å². The van der Waals surface area contributed by atoms with Crippen LogP contribution in [0.4, 0.5) is 0 Å². The summed E-state index contributed by atoms with van der Waals surface area (Å²) >= 11 is 12.2. The first kappa shape index (κ1) is 26.3. The zero-order valence-corrected chi connectivity index (χ0v) is 21.9. The molecule has 0 aliphatic rings. The molecule has 0 saturated carbocycles. The van der Waals surface area contributed by atoms with Gasteiger partial charge in [0.25, 0.3) is 11.8 Å². The van der Waals surface area contributed by atoms with E-state index >= 15 is 0 Å². The van der Waals surface area contributed by atoms with Crippen LogP contribution < -0.4 is 15.4 Å². The summed E-state index contributed by atoms with van der Waals surface area (Å²) in [7, 11) is 0. The number of halogens is 2. The Bertz CT molecular complexity index is 1410. The standard InChI is InChI=1S/C28H26Cl2N4O3/c1-17(2)37-20-10-7-18(8-11-20)15-25(34-27(35)21-12-9-19(29)16-22(21)30)28(36)31-14-13-26-32-23-5-3-4-6-24(23)33-26/h3-12,15-17H,13-14H2,1-2H3,(H,31,36)(H,32,33)(H,34,35)/b25-15-. The summed E-state index contributed by atoms with van der Waals surface area (Å²) in [5.41, 5.74) is 2.77. The van der Waals surface area contributed by atoms with Gasteiger partial charge in [0.15, 0.2) is 0 Å². The predicted molar refractivity (Wildman–Crippen MR) is 147 cm³/mol. The van der Waals surface area contributed by atoms with Gasteiger partial charge in [0.05, 0.1) is 27.7 Å². The highest BCUT2D eigenvalue weighted by Gasteiger charge is 2.17. The Labute approximate surface area is 224 Å². The minimum Gasteiger partial charge on any atom is -0.491 e. The van der Waals surface area contributed by atoms with E-state index in [1.54, 1.807) is 36.4 Å². The quantitative estimate of drug-likeness (QED) is 0.236. The summed E-state index contributed by atoms with van der Waals surface area (Å²) in [5.74, 6) is 0.489. The summed E-state index contributed by atoms with van der Waals surface area (Å²) in [6.45, 7) is 4.20. The summed E-state index contributed by atoms with van der Waals surface area (Å²) in [6, 6.07) is 19.5. The number of hydrogen-bond donors (Lipinski definition) is 3. The fourth-order valence-corrected chi connectivity index (χ4v) is 4.11. The van der Waals surface area contributed by atoms with E-state index in [0.29, 0.717) is 29.3 Å². The van der Waals surface area contributed by atoms with Crippen LogP contribution in [0.2, 0.25) is 10.0 Å². The zero-order valence-electron chi connectivity index (χ0n) is 20.3. The Hall–Kier alpha value is -3.81. The molecule has 0 fully saturated rings. The van der Waals surface area contributed by atoms with Crippen LogP contribution in [0.3, 0.4) is 0 Å². The van der Waals surface area contributed by atoms with E-state index in [0.717, 1.165) is 16.9 Å². The number of amides is 2. The Kier molecular flexibility index (Phi) is 8.48. The second kappa shape index (κ2) is 12.0. The smallest absolute Gasteiger partial charge is 0.267 e. The minimum absolute atomic E-state index is 0.0397. The highest BCUT2D eigenvalue weighted by molar-refractivity contribution is 6.36. The molecule has 2 amide bonds. The van der Waals surface area contributed by atoms with E-state index < -0.39 is 11.8 Å². The Morgan fingerprint density at radius 1 is 1.05 bits per heavy atom. The first-order chi connectivity index (χ1) is 17.8. The molecule has 7 nitrogen and oxygen atoms in total. The molecular weight excluding hydrogens is 511 g/mol. The van der Waals surface area contributed by atoms with Crippen LogP contribution in [-0.2, 0) is 11.2 Å². The average Bonchev–Trinajstić information content (AvgIpc) is 3.27. The lowest BCUT2D eigenvalue weighted by Gasteiger charge is -2.12. The van der Waals surface area contributed by atoms with Crippen molar-refractivity contribution in [3.63, 3.8) is 0 Å². The average molecular weight is 537 g/mol. The minimum atomic E-state index is -0.528. The van der Waals surface area contributed by atoms with Gasteiger partial charge in [-0.25, -0.2) is 4.98 Å². The van der Waals surface area contributed by atoms with Gasteiger partial charge in [-0.15, -0.1) is 0 Å². The van der Waals surface area contributed by atoms with Crippen molar-refractivity contribution >= 4 is 52.1 Å². The summed E-state index contributed by atoms with van der Waals surface area (Å²) in [5, 5.41) is 6.13. The lowest BCUT2D eigenvalue weighted by Crippen LogP contribution is -2.36. The maximum absolute atomic E-state index is 13.1. The summed E-state index contributed by atoms with van der Waals surface area (Å²) in [4.78, 5) is 33.8. The molecule has 37 heavy (non-hydrogen) atoms. The first-order valence-electron chi connectivity index (χ1n) is 11.7. The number of fused-ring (bicyclic) bond motifs is 1. The third-order valence-corrected chi connectivity index (χ3v) is 5.87. The van der Waals surface area contributed by atoms with Gasteiger partial charge < -0.3 is 20.4 Å². The molecule has 0 saturated heterocycles. The third kappa shape index (κ3) is 7.12. The SMILES string of the molecule is CC(C)Oc1ccc(/C=C(\NC(=O)c2ccc(Cl)cc2Cl)C(=O)NCCc2nc3ccccc3[nH]2)cc1. The van der Waals surface area contributed by atoms with Crippen molar-refractivity contribution in [2.24, 2.45) is 0 Å². The second-order valence-corrected chi connectivity index (χ2v) is 9.42. The molecule has 0 bridgehead atoms. The number of hydrogen-bond acceptors (Lipinski definition) is 4. The van der Waals surface area contributed by atoms with Gasteiger partial charge in [0, 0.05) is 18.0 Å². The van der Waals surface area contributed by atoms with E-state index in [-0.39, 0.29) is 22.4 Å². The Morgan fingerprint density at radius 3 is 2.51 bits per heavy atom. The fraction of sp³-hybridized carbons (Fsp3) is 0.179. The number of carbonyl (C=O) groups excluding carboxylic acids is 2. The Balaban J connectivity index is 1.50. The highest BCUT2D eigenvalue weighted by atomic mass is 35.5. The molecule has 0 aliphatic carbocycles. The van der Waals surface area contributed by atoms with Crippen LogP contribution in [0.5, 0.6) is 5.75 Å². The van der Waals surface area contributed by atoms with Gasteiger partial charge in [-0.2, -0.15) is 0 Å². The number of aromatic nitrogens is 2. The monoisotopic (exact) mass is 536 g/mol. The van der Waals surface area contributed by atoms with Gasteiger partial charge >= 0.3 is 0 Å². The van der Waals surface area contributed by atoms with Gasteiger partial charge in [-0.3, -0.25) is 9.59 Å². The van der Waals surface area contributed by atoms with Crippen LogP contribution >= 0.6 is 23.2 Å². The number of nitrogens with one attached hydrogen (secondary N) is 3. The summed E-state index contributed by atoms with van der Waals surface area (Å²) in [6.07, 6.45) is 2.13. The van der Waals surface area contributed by atoms with E-state index in [1.165, 1.54) is 12.1 Å². The molecule has 0 radical (unpaired) electrons. The maximum Gasteiger partial charge on any atom is 0.267 e. The number of benzene rings is 3. The van der Waals surface area contributed by atoms with Crippen molar-refractivity contribution in [1.82, 2.24) is 20.6 Å². The van der Waals surface area contributed by atoms with Crippen LogP contribution in [0.15, 0.2) is 72.4 Å². The second-order valence-electron chi connectivity index (χ2n) is 8.58. The van der Waals surface area contributed by atoms with E-state index in [9.17, 15) is 9.59 Å². The van der Waals surface area contributed by atoms with Crippen LogP contribution in [0.1, 0.15) is 35.6 Å². The van der Waals surface area contributed by atoms with Gasteiger partial charge in [0.1, 0.15) is 17.3 Å². The number of rotatable bonds is 9. The summed E-state index contributed by atoms with van der Waals surface area (Å²) < 4.78 is 5.68. The molecule has 4 aromatic rings. The normalized spacial score (nSPS) is 11.5. The van der Waals surface area contributed by atoms with Crippen molar-refractivity contribution in [3.8, 4) is 5.75 Å². The molecule has 1 aromatic heterocycles. The highest BCUT2D eigenvalue weighted by Crippen LogP contribution is 2.21. The molecule has 3 aromatic carbocycles. The van der Waals surface area contributed by atoms with Gasteiger partial charge in [-0.1, -0.05) is 47.5 Å². The largest absolute Gasteiger partial charge is 0.491 e. The maximum atomic E-state index is 13.1. The number of nitrogens with zero attached hydrogens (tertiary/aromatic N) is 1. The van der Waals surface area contributed by atoms with Crippen molar-refractivity contribution < 1.29 is 14.3 Å². The number of aromatic amines is 1. The Morgan fingerprint density at radius 2 is 1.81 bits per heavy atom. The molecule has 9 heteroatoms. The van der Waals surface area contributed by atoms with E-state index in [4.69, 9.17) is 27.9 Å². The van der Waals surface area contributed by atoms with Gasteiger partial charge in [-0.05, 0) is 68.0 Å². The predicted octanol–water partition coefficient (Wildman–Crippen LogP) is 5.79. The fourth-order valence-electron chi connectivity index (χ4n) is 3.62. The lowest BCUT2D eigenvalue weighted by molar-refractivity contribution is -0.117. The van der Waals surface area contributed by atoms with E-state index in [1.807, 2.05) is 38.1 Å². The zero-order chi connectivity index (χ0) is 26.4. The lowest BCUT2D eigenvalue weighted by atomic mass is 10.1.